The van der Waals surface area contributed by atoms with Crippen LogP contribution in [0.4, 0.5) is 0 Å². The van der Waals surface area contributed by atoms with E-state index >= 15 is 0 Å². The molecule has 0 aliphatic carbocycles. The van der Waals surface area contributed by atoms with Gasteiger partial charge < -0.3 is 14.6 Å². The van der Waals surface area contributed by atoms with Crippen LogP contribution in [0, 0.1) is 0 Å². The van der Waals surface area contributed by atoms with Gasteiger partial charge in [0.25, 0.3) is 0 Å². The van der Waals surface area contributed by atoms with Gasteiger partial charge in [-0.05, 0) is 44.9 Å². The highest BCUT2D eigenvalue weighted by atomic mass is 16.6. The molecular formula is C45H84O5. The SMILES string of the molecule is CCCCCCC/C=C\C/C=C\CCCCCCCCCCCCCCCCCCCCCC(=O)OC(CO)COC(=O)CCCCCCC. The molecule has 0 aliphatic rings. The molecule has 1 N–H and O–H groups in total. The van der Waals surface area contributed by atoms with Crippen molar-refractivity contribution < 1.29 is 24.2 Å². The fourth-order valence-corrected chi connectivity index (χ4v) is 6.41. The Balaban J connectivity index is 3.35. The molecule has 0 radical (unpaired) electrons. The van der Waals surface area contributed by atoms with E-state index < -0.39 is 6.10 Å². The highest BCUT2D eigenvalue weighted by molar-refractivity contribution is 5.70. The fraction of sp³-hybridized carbons (Fsp3) is 0.867. The first-order valence-electron chi connectivity index (χ1n) is 21.9. The average Bonchev–Trinajstić information content (AvgIpc) is 3.12. The van der Waals surface area contributed by atoms with Crippen molar-refractivity contribution in [3.63, 3.8) is 0 Å². The van der Waals surface area contributed by atoms with Crippen molar-refractivity contribution in [3.8, 4) is 0 Å². The standard InChI is InChI=1S/C45H84O5/c1-3-5-7-9-10-11-12-13-14-15-16-17-18-19-20-21-22-23-24-25-26-27-28-29-30-31-32-33-34-36-38-40-45(48)50-43(41-46)42-49-44(47)39-37-35-8-6-4-2/h12-13,15-16,43,46H,3-11,14,17-42H2,1-2H3/b13-12-,16-15-. The molecule has 0 bridgehead atoms. The molecule has 5 nitrogen and oxygen atoms in total. The zero-order valence-corrected chi connectivity index (χ0v) is 33.4. The van der Waals surface area contributed by atoms with Crippen LogP contribution in [0.5, 0.6) is 0 Å². The second kappa shape index (κ2) is 41.8. The molecule has 1 atom stereocenters. The molecule has 0 spiro atoms. The molecule has 50 heavy (non-hydrogen) atoms. The second-order valence-electron chi connectivity index (χ2n) is 14.8. The van der Waals surface area contributed by atoms with E-state index in [1.165, 1.54) is 161 Å². The predicted molar refractivity (Wildman–Crippen MR) is 215 cm³/mol. The van der Waals surface area contributed by atoms with E-state index in [-0.39, 0.29) is 25.2 Å². The van der Waals surface area contributed by atoms with Gasteiger partial charge >= 0.3 is 11.9 Å². The van der Waals surface area contributed by atoms with Gasteiger partial charge in [-0.25, -0.2) is 0 Å². The zero-order valence-electron chi connectivity index (χ0n) is 33.4. The summed E-state index contributed by atoms with van der Waals surface area (Å²) in [6, 6.07) is 0. The summed E-state index contributed by atoms with van der Waals surface area (Å²) in [5.41, 5.74) is 0. The largest absolute Gasteiger partial charge is 0.462 e. The molecule has 0 aliphatic heterocycles. The smallest absolute Gasteiger partial charge is 0.306 e. The fourth-order valence-electron chi connectivity index (χ4n) is 6.41. The van der Waals surface area contributed by atoms with Gasteiger partial charge in [-0.3, -0.25) is 9.59 Å². The van der Waals surface area contributed by atoms with E-state index in [0.29, 0.717) is 12.8 Å². The van der Waals surface area contributed by atoms with Crippen LogP contribution in [-0.2, 0) is 19.1 Å². The van der Waals surface area contributed by atoms with Crippen molar-refractivity contribution in [2.45, 2.75) is 238 Å². The van der Waals surface area contributed by atoms with Crippen LogP contribution in [0.2, 0.25) is 0 Å². The summed E-state index contributed by atoms with van der Waals surface area (Å²) >= 11 is 0. The monoisotopic (exact) mass is 705 g/mol. The summed E-state index contributed by atoms with van der Waals surface area (Å²) in [7, 11) is 0. The topological polar surface area (TPSA) is 72.8 Å². The quantitative estimate of drug-likeness (QED) is 0.0390. The Hall–Kier alpha value is -1.62. The van der Waals surface area contributed by atoms with E-state index in [0.717, 1.165) is 44.9 Å². The van der Waals surface area contributed by atoms with Crippen molar-refractivity contribution in [2.75, 3.05) is 13.2 Å². The maximum absolute atomic E-state index is 12.1. The van der Waals surface area contributed by atoms with Crippen molar-refractivity contribution in [1.82, 2.24) is 0 Å². The van der Waals surface area contributed by atoms with E-state index in [2.05, 4.69) is 38.2 Å². The molecule has 0 saturated heterocycles. The highest BCUT2D eigenvalue weighted by Gasteiger charge is 2.16. The summed E-state index contributed by atoms with van der Waals surface area (Å²) in [5, 5.41) is 9.48. The second-order valence-corrected chi connectivity index (χ2v) is 14.8. The molecule has 0 fully saturated rings. The number of carbonyl (C=O) groups is 2. The normalized spacial score (nSPS) is 12.3. The molecule has 0 aromatic rings. The average molecular weight is 705 g/mol. The van der Waals surface area contributed by atoms with Crippen molar-refractivity contribution >= 4 is 11.9 Å². The lowest BCUT2D eigenvalue weighted by Gasteiger charge is -2.15. The van der Waals surface area contributed by atoms with Crippen LogP contribution in [0.3, 0.4) is 0 Å². The lowest BCUT2D eigenvalue weighted by molar-refractivity contribution is -0.161. The zero-order chi connectivity index (χ0) is 36.4. The molecule has 1 unspecified atom stereocenters. The first-order valence-corrected chi connectivity index (χ1v) is 21.9. The molecule has 0 aromatic carbocycles. The van der Waals surface area contributed by atoms with Gasteiger partial charge in [0.1, 0.15) is 6.61 Å². The number of hydrogen-bond donors (Lipinski definition) is 1. The number of aliphatic hydroxyl groups is 1. The molecular weight excluding hydrogens is 620 g/mol. The van der Waals surface area contributed by atoms with Crippen molar-refractivity contribution in [3.05, 3.63) is 24.3 Å². The Bertz CT molecular complexity index is 761. The van der Waals surface area contributed by atoms with Crippen LogP contribution < -0.4 is 0 Å². The minimum absolute atomic E-state index is 0.0624. The lowest BCUT2D eigenvalue weighted by Crippen LogP contribution is -2.28. The van der Waals surface area contributed by atoms with Gasteiger partial charge in [0.15, 0.2) is 6.10 Å². The van der Waals surface area contributed by atoms with Gasteiger partial charge in [-0.2, -0.15) is 0 Å². The summed E-state index contributed by atoms with van der Waals surface area (Å²) < 4.78 is 10.5. The van der Waals surface area contributed by atoms with Gasteiger partial charge in [0.05, 0.1) is 6.61 Å². The van der Waals surface area contributed by atoms with E-state index in [4.69, 9.17) is 9.47 Å². The molecule has 294 valence electrons. The van der Waals surface area contributed by atoms with Crippen molar-refractivity contribution in [2.24, 2.45) is 0 Å². The number of esters is 2. The number of unbranched alkanes of at least 4 members (excludes halogenated alkanes) is 28. The van der Waals surface area contributed by atoms with Crippen LogP contribution in [0.1, 0.15) is 232 Å². The Morgan fingerprint density at radius 1 is 0.460 bits per heavy atom. The maximum Gasteiger partial charge on any atom is 0.306 e. The lowest BCUT2D eigenvalue weighted by atomic mass is 10.0. The number of rotatable bonds is 40. The Morgan fingerprint density at radius 2 is 0.800 bits per heavy atom. The number of ether oxygens (including phenoxy) is 2. The Kier molecular flexibility index (Phi) is 40.4. The predicted octanol–water partition coefficient (Wildman–Crippen LogP) is 13.8. The molecule has 0 rings (SSSR count). The van der Waals surface area contributed by atoms with Crippen LogP contribution in [0.25, 0.3) is 0 Å². The number of hydrogen-bond acceptors (Lipinski definition) is 5. The van der Waals surface area contributed by atoms with E-state index in [1.807, 2.05) is 0 Å². The number of allylic oxidation sites excluding steroid dienone is 4. The minimum Gasteiger partial charge on any atom is -0.462 e. The molecule has 0 aromatic heterocycles. The summed E-state index contributed by atoms with van der Waals surface area (Å²) in [6.45, 7) is 4.05. The van der Waals surface area contributed by atoms with Crippen LogP contribution in [0.15, 0.2) is 24.3 Å². The Morgan fingerprint density at radius 3 is 1.18 bits per heavy atom. The molecule has 0 saturated carbocycles. The van der Waals surface area contributed by atoms with Crippen LogP contribution in [-0.4, -0.2) is 36.4 Å². The number of carbonyl (C=O) groups excluding carboxylic acids is 2. The summed E-state index contributed by atoms with van der Waals surface area (Å²) in [5.74, 6) is -0.596. The first kappa shape index (κ1) is 48.4. The van der Waals surface area contributed by atoms with Gasteiger partial charge in [0.2, 0.25) is 0 Å². The first-order chi connectivity index (χ1) is 24.6. The Labute approximate surface area is 311 Å². The number of aliphatic hydroxyl groups excluding tert-OH is 1. The third-order valence-electron chi connectivity index (χ3n) is 9.75. The minimum atomic E-state index is -0.762. The van der Waals surface area contributed by atoms with Gasteiger partial charge in [-0.15, -0.1) is 0 Å². The highest BCUT2D eigenvalue weighted by Crippen LogP contribution is 2.16. The summed E-state index contributed by atoms with van der Waals surface area (Å²) in [6.07, 6.45) is 50.3. The van der Waals surface area contributed by atoms with Gasteiger partial charge in [-0.1, -0.05) is 199 Å². The third kappa shape index (κ3) is 39.2. The van der Waals surface area contributed by atoms with Crippen LogP contribution >= 0.6 is 0 Å². The van der Waals surface area contributed by atoms with Gasteiger partial charge in [0, 0.05) is 12.8 Å². The van der Waals surface area contributed by atoms with Crippen molar-refractivity contribution in [1.29, 1.82) is 0 Å². The third-order valence-corrected chi connectivity index (χ3v) is 9.75. The molecule has 5 heteroatoms. The van der Waals surface area contributed by atoms with E-state index in [1.54, 1.807) is 0 Å². The molecule has 0 heterocycles. The molecule has 0 amide bonds. The maximum atomic E-state index is 12.1. The summed E-state index contributed by atoms with van der Waals surface area (Å²) in [4.78, 5) is 24.0. The van der Waals surface area contributed by atoms with E-state index in [9.17, 15) is 14.7 Å².